The summed E-state index contributed by atoms with van der Waals surface area (Å²) in [7, 11) is 0. The van der Waals surface area contributed by atoms with Gasteiger partial charge < -0.3 is 14.4 Å². The van der Waals surface area contributed by atoms with Crippen molar-refractivity contribution >= 4 is 10.9 Å². The van der Waals surface area contributed by atoms with Crippen LogP contribution in [-0.4, -0.2) is 47.4 Å². The van der Waals surface area contributed by atoms with Crippen LogP contribution in [0.1, 0.15) is 0 Å². The first-order valence-electron chi connectivity index (χ1n) is 6.41. The molecule has 18 heavy (non-hydrogen) atoms. The zero-order chi connectivity index (χ0) is 12.4. The fraction of sp³-hybridized carbons (Fsp3) is 0.429. The topological polar surface area (TPSA) is 37.6 Å². The highest BCUT2D eigenvalue weighted by atomic mass is 16.5. The Labute approximate surface area is 106 Å². The van der Waals surface area contributed by atoms with Gasteiger partial charge in [0, 0.05) is 38.4 Å². The van der Waals surface area contributed by atoms with Crippen LogP contribution in [0, 0.1) is 0 Å². The number of rotatable bonds is 3. The Morgan fingerprint density at radius 1 is 1.11 bits per heavy atom. The van der Waals surface area contributed by atoms with Gasteiger partial charge in [-0.3, -0.25) is 4.90 Å². The lowest BCUT2D eigenvalue weighted by Crippen LogP contribution is -2.38. The van der Waals surface area contributed by atoms with Crippen molar-refractivity contribution in [2.45, 2.75) is 6.54 Å². The lowest BCUT2D eigenvalue weighted by molar-refractivity contribution is 0.0365. The van der Waals surface area contributed by atoms with E-state index < -0.39 is 0 Å². The van der Waals surface area contributed by atoms with Crippen molar-refractivity contribution in [3.8, 4) is 5.75 Å². The smallest absolute Gasteiger partial charge is 0.117 e. The number of phenols is 1. The van der Waals surface area contributed by atoms with E-state index in [1.807, 2.05) is 12.1 Å². The molecule has 0 atom stereocenters. The molecular weight excluding hydrogens is 228 g/mol. The predicted octanol–water partition coefficient (Wildman–Crippen LogP) is 1.68. The molecule has 0 unspecified atom stereocenters. The van der Waals surface area contributed by atoms with Crippen molar-refractivity contribution in [2.75, 3.05) is 32.8 Å². The lowest BCUT2D eigenvalue weighted by atomic mass is 10.2. The van der Waals surface area contributed by atoms with Gasteiger partial charge in [-0.25, -0.2) is 0 Å². The highest BCUT2D eigenvalue weighted by molar-refractivity contribution is 5.81. The molecule has 96 valence electrons. The Hall–Kier alpha value is -1.52. The number of hydrogen-bond donors (Lipinski definition) is 1. The number of hydrogen-bond acceptors (Lipinski definition) is 3. The van der Waals surface area contributed by atoms with Crippen molar-refractivity contribution in [3.63, 3.8) is 0 Å². The second kappa shape index (κ2) is 5.00. The van der Waals surface area contributed by atoms with Crippen molar-refractivity contribution in [3.05, 3.63) is 30.5 Å². The molecule has 0 radical (unpaired) electrons. The first-order valence-corrected chi connectivity index (χ1v) is 6.41. The van der Waals surface area contributed by atoms with Crippen molar-refractivity contribution < 1.29 is 9.84 Å². The molecule has 1 aromatic carbocycles. The predicted molar refractivity (Wildman–Crippen MR) is 70.9 cm³/mol. The fourth-order valence-corrected chi connectivity index (χ4v) is 2.44. The van der Waals surface area contributed by atoms with Crippen LogP contribution in [0.15, 0.2) is 30.5 Å². The molecule has 0 aliphatic carbocycles. The molecule has 1 aliphatic rings. The van der Waals surface area contributed by atoms with E-state index in [1.54, 1.807) is 6.07 Å². The van der Waals surface area contributed by atoms with Gasteiger partial charge in [-0.1, -0.05) is 0 Å². The normalized spacial score (nSPS) is 17.3. The van der Waals surface area contributed by atoms with E-state index in [9.17, 15) is 5.11 Å². The number of aromatic hydroxyl groups is 1. The van der Waals surface area contributed by atoms with E-state index in [4.69, 9.17) is 4.74 Å². The minimum absolute atomic E-state index is 0.328. The molecule has 0 spiro atoms. The standard InChI is InChI=1S/C14H18N2O2/c17-13-2-1-12-3-4-16(14(12)11-13)6-5-15-7-9-18-10-8-15/h1-4,11,17H,5-10H2. The van der Waals surface area contributed by atoms with Crippen molar-refractivity contribution in [1.29, 1.82) is 0 Å². The minimum atomic E-state index is 0.328. The molecule has 0 bridgehead atoms. The third-order valence-corrected chi connectivity index (χ3v) is 3.52. The van der Waals surface area contributed by atoms with E-state index in [0.717, 1.165) is 44.9 Å². The Morgan fingerprint density at radius 2 is 1.94 bits per heavy atom. The van der Waals surface area contributed by atoms with Crippen molar-refractivity contribution in [1.82, 2.24) is 9.47 Å². The van der Waals surface area contributed by atoms with Gasteiger partial charge in [0.15, 0.2) is 0 Å². The van der Waals surface area contributed by atoms with E-state index >= 15 is 0 Å². The first-order chi connectivity index (χ1) is 8.83. The number of nitrogens with zero attached hydrogens (tertiary/aromatic N) is 2. The molecule has 0 amide bonds. The molecule has 1 saturated heterocycles. The van der Waals surface area contributed by atoms with Crippen LogP contribution in [0.5, 0.6) is 5.75 Å². The Kier molecular flexibility index (Phi) is 3.21. The number of phenolic OH excluding ortho intramolecular Hbond substituents is 1. The van der Waals surface area contributed by atoms with E-state index in [1.165, 1.54) is 5.39 Å². The maximum atomic E-state index is 9.55. The third kappa shape index (κ3) is 2.35. The van der Waals surface area contributed by atoms with E-state index in [2.05, 4.69) is 21.7 Å². The summed E-state index contributed by atoms with van der Waals surface area (Å²) in [4.78, 5) is 2.41. The Bertz CT molecular complexity index is 530. The fourth-order valence-electron chi connectivity index (χ4n) is 2.44. The number of aromatic nitrogens is 1. The first kappa shape index (κ1) is 11.6. The second-order valence-electron chi connectivity index (χ2n) is 4.71. The van der Waals surface area contributed by atoms with Gasteiger partial charge in [-0.2, -0.15) is 0 Å². The maximum absolute atomic E-state index is 9.55. The maximum Gasteiger partial charge on any atom is 0.117 e. The monoisotopic (exact) mass is 246 g/mol. The second-order valence-corrected chi connectivity index (χ2v) is 4.71. The molecular formula is C14H18N2O2. The molecule has 1 fully saturated rings. The molecule has 1 N–H and O–H groups in total. The van der Waals surface area contributed by atoms with Gasteiger partial charge in [0.2, 0.25) is 0 Å². The number of morpholine rings is 1. The van der Waals surface area contributed by atoms with Crippen LogP contribution >= 0.6 is 0 Å². The molecule has 0 saturated carbocycles. The minimum Gasteiger partial charge on any atom is -0.508 e. The van der Waals surface area contributed by atoms with Gasteiger partial charge in [-0.05, 0) is 23.6 Å². The molecule has 2 aromatic rings. The number of fused-ring (bicyclic) bond motifs is 1. The van der Waals surface area contributed by atoms with Crippen LogP contribution in [0.3, 0.4) is 0 Å². The highest BCUT2D eigenvalue weighted by Crippen LogP contribution is 2.21. The lowest BCUT2D eigenvalue weighted by Gasteiger charge is -2.26. The SMILES string of the molecule is Oc1ccc2ccn(CCN3CCOCC3)c2c1. The van der Waals surface area contributed by atoms with Gasteiger partial charge >= 0.3 is 0 Å². The summed E-state index contributed by atoms with van der Waals surface area (Å²) in [6.07, 6.45) is 2.09. The van der Waals surface area contributed by atoms with Crippen LogP contribution in [0.4, 0.5) is 0 Å². The summed E-state index contributed by atoms with van der Waals surface area (Å²) < 4.78 is 7.54. The van der Waals surface area contributed by atoms with Crippen LogP contribution < -0.4 is 0 Å². The molecule has 4 nitrogen and oxygen atoms in total. The molecule has 3 rings (SSSR count). The third-order valence-electron chi connectivity index (χ3n) is 3.52. The van der Waals surface area contributed by atoms with E-state index in [-0.39, 0.29) is 0 Å². The summed E-state index contributed by atoms with van der Waals surface area (Å²) >= 11 is 0. The zero-order valence-corrected chi connectivity index (χ0v) is 10.4. The van der Waals surface area contributed by atoms with Crippen LogP contribution in [0.25, 0.3) is 10.9 Å². The van der Waals surface area contributed by atoms with Gasteiger partial charge in [0.1, 0.15) is 5.75 Å². The summed E-state index contributed by atoms with van der Waals surface area (Å²) in [6, 6.07) is 7.60. The largest absolute Gasteiger partial charge is 0.508 e. The Morgan fingerprint density at radius 3 is 2.78 bits per heavy atom. The Balaban J connectivity index is 1.72. The number of benzene rings is 1. The summed E-state index contributed by atoms with van der Waals surface area (Å²) in [5.41, 5.74) is 1.10. The van der Waals surface area contributed by atoms with Crippen LogP contribution in [-0.2, 0) is 11.3 Å². The van der Waals surface area contributed by atoms with Crippen LogP contribution in [0.2, 0.25) is 0 Å². The quantitative estimate of drug-likeness (QED) is 0.895. The van der Waals surface area contributed by atoms with Crippen molar-refractivity contribution in [2.24, 2.45) is 0 Å². The summed E-state index contributed by atoms with van der Waals surface area (Å²) in [5, 5.41) is 10.7. The molecule has 4 heteroatoms. The highest BCUT2D eigenvalue weighted by Gasteiger charge is 2.10. The molecule has 1 aromatic heterocycles. The van der Waals surface area contributed by atoms with Gasteiger partial charge in [-0.15, -0.1) is 0 Å². The number of ether oxygens (including phenoxy) is 1. The molecule has 1 aliphatic heterocycles. The zero-order valence-electron chi connectivity index (χ0n) is 10.4. The summed E-state index contributed by atoms with van der Waals surface area (Å²) in [6.45, 7) is 5.70. The average molecular weight is 246 g/mol. The van der Waals surface area contributed by atoms with Gasteiger partial charge in [0.25, 0.3) is 0 Å². The van der Waals surface area contributed by atoms with Gasteiger partial charge in [0.05, 0.1) is 18.7 Å². The average Bonchev–Trinajstić information content (AvgIpc) is 2.80. The molecule has 2 heterocycles. The van der Waals surface area contributed by atoms with E-state index in [0.29, 0.717) is 5.75 Å². The summed E-state index contributed by atoms with van der Waals surface area (Å²) in [5.74, 6) is 0.328.